The molecular weight excluding hydrogens is 504 g/mol. The van der Waals surface area contributed by atoms with E-state index >= 15 is 0 Å². The number of piperazine rings is 1. The van der Waals surface area contributed by atoms with Crippen LogP contribution in [0.3, 0.4) is 0 Å². The van der Waals surface area contributed by atoms with Gasteiger partial charge in [0.05, 0.1) is 5.69 Å². The Morgan fingerprint density at radius 2 is 1.89 bits per heavy atom. The highest BCUT2D eigenvalue weighted by molar-refractivity contribution is 6.31. The molecule has 2 aromatic rings. The summed E-state index contributed by atoms with van der Waals surface area (Å²) < 4.78 is 1.41. The quantitative estimate of drug-likeness (QED) is 0.444. The van der Waals surface area contributed by atoms with Gasteiger partial charge in [0, 0.05) is 67.8 Å². The first-order valence-corrected chi connectivity index (χ1v) is 13.5. The number of carbonyl (C=O) groups excluding carboxylic acids is 1. The molecule has 1 aromatic heterocycles. The van der Waals surface area contributed by atoms with E-state index in [2.05, 4.69) is 33.6 Å². The molecular formula is C27H39ClN8O2. The van der Waals surface area contributed by atoms with Crippen LogP contribution >= 0.6 is 11.6 Å². The van der Waals surface area contributed by atoms with Crippen molar-refractivity contribution < 1.29 is 4.79 Å². The molecule has 0 spiro atoms. The third-order valence-corrected chi connectivity index (χ3v) is 7.71. The molecule has 0 bridgehead atoms. The summed E-state index contributed by atoms with van der Waals surface area (Å²) in [6, 6.07) is 7.18. The first kappa shape index (κ1) is 28.1. The number of anilines is 1. The molecule has 2 heterocycles. The Morgan fingerprint density at radius 1 is 1.24 bits per heavy atom. The monoisotopic (exact) mass is 542 g/mol. The number of aromatic nitrogens is 2. The van der Waals surface area contributed by atoms with E-state index in [0.717, 1.165) is 37.3 Å². The van der Waals surface area contributed by atoms with Crippen LogP contribution in [-0.2, 0) is 6.54 Å². The van der Waals surface area contributed by atoms with Crippen LogP contribution in [0.15, 0.2) is 47.5 Å². The van der Waals surface area contributed by atoms with Crippen molar-refractivity contribution in [2.24, 2.45) is 17.4 Å². The fourth-order valence-corrected chi connectivity index (χ4v) is 4.85. The first-order valence-electron chi connectivity index (χ1n) is 13.1. The van der Waals surface area contributed by atoms with Gasteiger partial charge in [0.2, 0.25) is 0 Å². The van der Waals surface area contributed by atoms with Gasteiger partial charge in [-0.15, -0.1) is 0 Å². The summed E-state index contributed by atoms with van der Waals surface area (Å²) in [5.74, 6) is 0.760. The van der Waals surface area contributed by atoms with Gasteiger partial charge in [-0.25, -0.2) is 9.59 Å². The number of benzene rings is 1. The summed E-state index contributed by atoms with van der Waals surface area (Å²) in [6.07, 6.45) is 2.67. The SMILES string of the molecule is C=C(N1CCN(C(=O)Nc2ccn(-c3ccc(CN(CC)C[C@@H]4CC4N)c(Cl)c3)c(=O)n2)CC1)C(C)(C)N. The van der Waals surface area contributed by atoms with E-state index in [9.17, 15) is 9.59 Å². The third kappa shape index (κ3) is 6.74. The molecule has 2 amide bonds. The molecule has 4 rings (SSSR count). The summed E-state index contributed by atoms with van der Waals surface area (Å²) in [4.78, 5) is 35.7. The smallest absolute Gasteiger partial charge is 0.354 e. The maximum atomic E-state index is 12.8. The highest BCUT2D eigenvalue weighted by Crippen LogP contribution is 2.30. The fourth-order valence-electron chi connectivity index (χ4n) is 4.62. The number of hydrogen-bond donors (Lipinski definition) is 3. The third-order valence-electron chi connectivity index (χ3n) is 7.36. The van der Waals surface area contributed by atoms with Crippen LogP contribution in [0.25, 0.3) is 5.69 Å². The lowest BCUT2D eigenvalue weighted by molar-refractivity contribution is 0.159. The van der Waals surface area contributed by atoms with Crippen molar-refractivity contribution in [3.05, 3.63) is 63.8 Å². The second kappa shape index (κ2) is 11.4. The summed E-state index contributed by atoms with van der Waals surface area (Å²) in [5, 5.41) is 3.32. The summed E-state index contributed by atoms with van der Waals surface area (Å²) >= 11 is 6.59. The maximum Gasteiger partial charge on any atom is 0.354 e. The minimum absolute atomic E-state index is 0.200. The number of nitrogens with two attached hydrogens (primary N) is 2. The van der Waals surface area contributed by atoms with E-state index < -0.39 is 11.2 Å². The van der Waals surface area contributed by atoms with E-state index in [-0.39, 0.29) is 11.8 Å². The molecule has 1 saturated heterocycles. The molecule has 1 saturated carbocycles. The molecule has 0 radical (unpaired) electrons. The lowest BCUT2D eigenvalue weighted by Gasteiger charge is -2.40. The number of rotatable bonds is 9. The largest absolute Gasteiger partial charge is 0.370 e. The van der Waals surface area contributed by atoms with Gasteiger partial charge in [-0.1, -0.05) is 31.2 Å². The highest BCUT2D eigenvalue weighted by Gasteiger charge is 2.34. The normalized spacial score (nSPS) is 19.6. The number of hydrogen-bond acceptors (Lipinski definition) is 7. The standard InChI is InChI=1S/C27H39ClN8O2/c1-5-33(17-20-14-23(20)29)16-19-6-7-21(15-22(19)28)36-9-8-24(32-26(36)38)31-25(37)35-12-10-34(11-13-35)18(2)27(3,4)30/h6-9,15,20,23H,2,5,10-14,16-17,29-30H2,1,3-4H3,(H,31,32,37,38)/t20-,23?/m0/s1. The molecule has 11 heteroatoms. The zero-order valence-corrected chi connectivity index (χ0v) is 23.2. The van der Waals surface area contributed by atoms with E-state index in [1.165, 1.54) is 4.57 Å². The highest BCUT2D eigenvalue weighted by atomic mass is 35.5. The van der Waals surface area contributed by atoms with Gasteiger partial charge in [-0.2, -0.15) is 4.98 Å². The van der Waals surface area contributed by atoms with E-state index in [1.807, 2.05) is 26.0 Å². The van der Waals surface area contributed by atoms with Gasteiger partial charge in [0.25, 0.3) is 0 Å². The Morgan fingerprint density at radius 3 is 2.45 bits per heavy atom. The van der Waals surface area contributed by atoms with Crippen LogP contribution in [0.2, 0.25) is 5.02 Å². The van der Waals surface area contributed by atoms with Crippen LogP contribution in [0.5, 0.6) is 0 Å². The van der Waals surface area contributed by atoms with Crippen molar-refractivity contribution in [3.63, 3.8) is 0 Å². The number of carbonyl (C=O) groups is 1. The molecule has 1 aliphatic carbocycles. The van der Waals surface area contributed by atoms with Gasteiger partial charge < -0.3 is 21.3 Å². The summed E-state index contributed by atoms with van der Waals surface area (Å²) in [6.45, 7) is 15.0. The lowest BCUT2D eigenvalue weighted by Crippen LogP contribution is -2.53. The lowest BCUT2D eigenvalue weighted by atomic mass is 10.0. The van der Waals surface area contributed by atoms with Gasteiger partial charge in [0.15, 0.2) is 0 Å². The molecule has 10 nitrogen and oxygen atoms in total. The molecule has 206 valence electrons. The molecule has 38 heavy (non-hydrogen) atoms. The minimum atomic E-state index is -0.511. The Balaban J connectivity index is 1.36. The molecule has 5 N–H and O–H groups in total. The zero-order valence-electron chi connectivity index (χ0n) is 22.5. The van der Waals surface area contributed by atoms with Crippen molar-refractivity contribution in [2.75, 3.05) is 44.6 Å². The second-order valence-corrected chi connectivity index (χ2v) is 11.2. The molecule has 2 aliphatic rings. The first-order chi connectivity index (χ1) is 18.0. The number of nitrogens with zero attached hydrogens (tertiary/aromatic N) is 5. The van der Waals surface area contributed by atoms with Crippen LogP contribution < -0.4 is 22.5 Å². The van der Waals surface area contributed by atoms with E-state index in [1.54, 1.807) is 23.2 Å². The molecule has 2 atom stereocenters. The van der Waals surface area contributed by atoms with Crippen molar-refractivity contribution in [1.82, 2.24) is 24.3 Å². The zero-order chi connectivity index (χ0) is 27.6. The van der Waals surface area contributed by atoms with Crippen molar-refractivity contribution in [3.8, 4) is 5.69 Å². The average Bonchev–Trinajstić information content (AvgIpc) is 3.57. The molecule has 1 aliphatic heterocycles. The van der Waals surface area contributed by atoms with E-state index in [4.69, 9.17) is 23.1 Å². The van der Waals surface area contributed by atoms with Crippen LogP contribution in [0.1, 0.15) is 32.8 Å². The summed E-state index contributed by atoms with van der Waals surface area (Å²) in [5.41, 5.74) is 13.6. The number of halogens is 1. The maximum absolute atomic E-state index is 12.8. The minimum Gasteiger partial charge on any atom is -0.370 e. The molecule has 1 unspecified atom stereocenters. The van der Waals surface area contributed by atoms with Crippen molar-refractivity contribution >= 4 is 23.4 Å². The summed E-state index contributed by atoms with van der Waals surface area (Å²) in [7, 11) is 0. The van der Waals surface area contributed by atoms with Gasteiger partial charge in [-0.05, 0) is 56.5 Å². The van der Waals surface area contributed by atoms with E-state index in [0.29, 0.717) is 48.8 Å². The predicted molar refractivity (Wildman–Crippen MR) is 151 cm³/mol. The topological polar surface area (TPSA) is 126 Å². The average molecular weight is 543 g/mol. The Hall–Kier alpha value is -2.92. The number of amides is 2. The van der Waals surface area contributed by atoms with Gasteiger partial charge in [0.1, 0.15) is 5.82 Å². The van der Waals surface area contributed by atoms with Crippen molar-refractivity contribution in [2.45, 2.75) is 45.3 Å². The van der Waals surface area contributed by atoms with Crippen LogP contribution in [0.4, 0.5) is 10.6 Å². The predicted octanol–water partition coefficient (Wildman–Crippen LogP) is 2.46. The van der Waals surface area contributed by atoms with Crippen LogP contribution in [-0.4, -0.2) is 81.1 Å². The number of nitrogens with one attached hydrogen (secondary N) is 1. The fraction of sp³-hybridized carbons (Fsp3) is 0.519. The van der Waals surface area contributed by atoms with Crippen LogP contribution in [0, 0.1) is 5.92 Å². The molecule has 1 aromatic carbocycles. The second-order valence-electron chi connectivity index (χ2n) is 10.8. The van der Waals surface area contributed by atoms with Crippen molar-refractivity contribution in [1.29, 1.82) is 0 Å². The Bertz CT molecular complexity index is 1230. The molecule has 2 fully saturated rings. The van der Waals surface area contributed by atoms with Gasteiger partial charge >= 0.3 is 11.7 Å². The van der Waals surface area contributed by atoms with Gasteiger partial charge in [-0.3, -0.25) is 14.8 Å². The Kier molecular flexibility index (Phi) is 8.46. The number of urea groups is 1. The Labute approximate surface area is 229 Å².